The highest BCUT2D eigenvalue weighted by atomic mass is 19.1. The number of benzene rings is 1. The van der Waals surface area contributed by atoms with Crippen LogP contribution in [-0.4, -0.2) is 10.5 Å². The number of pyridine rings is 1. The van der Waals surface area contributed by atoms with Crippen LogP contribution in [0.25, 0.3) is 0 Å². The molecule has 0 aliphatic rings. The van der Waals surface area contributed by atoms with Gasteiger partial charge in [0, 0.05) is 18.0 Å². The molecule has 0 unspecified atom stereocenters. The van der Waals surface area contributed by atoms with Gasteiger partial charge in [-0.15, -0.1) is 0 Å². The monoisotopic (exact) mass is 274 g/mol. The van der Waals surface area contributed by atoms with E-state index in [1.165, 1.54) is 0 Å². The van der Waals surface area contributed by atoms with Gasteiger partial charge in [-0.3, -0.25) is 9.59 Å². The molecule has 0 atom stereocenters. The highest BCUT2D eigenvalue weighted by Crippen LogP contribution is 2.16. The molecular weight excluding hydrogens is 259 g/mol. The molecule has 1 aromatic carbocycles. The zero-order chi connectivity index (χ0) is 14.7. The predicted molar refractivity (Wildman–Crippen MR) is 75.2 cm³/mol. The molecule has 104 valence electrons. The summed E-state index contributed by atoms with van der Waals surface area (Å²) in [4.78, 5) is 23.4. The Bertz CT molecular complexity index is 707. The number of halogens is 1. The van der Waals surface area contributed by atoms with Crippen LogP contribution in [0.3, 0.4) is 0 Å². The van der Waals surface area contributed by atoms with Gasteiger partial charge >= 0.3 is 0 Å². The fourth-order valence-corrected chi connectivity index (χ4v) is 1.84. The maximum Gasteiger partial charge on any atom is 0.251 e. The van der Waals surface area contributed by atoms with Crippen molar-refractivity contribution >= 4 is 11.6 Å². The number of nitrogens with one attached hydrogen (secondary N) is 1. The van der Waals surface area contributed by atoms with E-state index in [9.17, 15) is 14.0 Å². The van der Waals surface area contributed by atoms with Gasteiger partial charge in [0.25, 0.3) is 5.56 Å². The van der Waals surface area contributed by atoms with Crippen molar-refractivity contribution in [3.63, 3.8) is 0 Å². The molecule has 5 heteroatoms. The third kappa shape index (κ3) is 3.32. The summed E-state index contributed by atoms with van der Waals surface area (Å²) in [6.07, 6.45) is 1.02. The Morgan fingerprint density at radius 1 is 1.25 bits per heavy atom. The predicted octanol–water partition coefficient (Wildman–Crippen LogP) is 2.24. The first kappa shape index (κ1) is 14.0. The molecule has 4 nitrogen and oxygen atoms in total. The second-order valence-corrected chi connectivity index (χ2v) is 4.68. The van der Waals surface area contributed by atoms with Crippen LogP contribution < -0.4 is 10.9 Å². The number of carbonyl (C=O) groups is 1. The van der Waals surface area contributed by atoms with Gasteiger partial charge in [0.15, 0.2) is 0 Å². The van der Waals surface area contributed by atoms with Gasteiger partial charge in [0.2, 0.25) is 5.91 Å². The highest BCUT2D eigenvalue weighted by molar-refractivity contribution is 5.91. The Kier molecular flexibility index (Phi) is 3.98. The van der Waals surface area contributed by atoms with E-state index in [1.807, 2.05) is 32.0 Å². The minimum absolute atomic E-state index is 0.218. The molecule has 0 spiro atoms. The molecule has 0 aliphatic carbocycles. The molecule has 1 amide bonds. The standard InChI is InChI=1S/C15H15FN2O2/c1-10-3-4-11(2)13(7-10)17-14(19)9-18-8-12(16)5-6-15(18)20/h3-8H,9H2,1-2H3,(H,17,19). The first-order valence-corrected chi connectivity index (χ1v) is 6.19. The average Bonchev–Trinajstić information content (AvgIpc) is 2.38. The quantitative estimate of drug-likeness (QED) is 0.933. The number of aromatic nitrogens is 1. The van der Waals surface area contributed by atoms with Crippen molar-refractivity contribution in [2.24, 2.45) is 0 Å². The molecule has 1 N–H and O–H groups in total. The molecule has 1 aromatic heterocycles. The summed E-state index contributed by atoms with van der Waals surface area (Å²) in [5.41, 5.74) is 2.23. The molecule has 20 heavy (non-hydrogen) atoms. The van der Waals surface area contributed by atoms with Gasteiger partial charge < -0.3 is 9.88 Å². The third-order valence-corrected chi connectivity index (χ3v) is 2.93. The number of nitrogens with zero attached hydrogens (tertiary/aromatic N) is 1. The largest absolute Gasteiger partial charge is 0.324 e. The van der Waals surface area contributed by atoms with E-state index < -0.39 is 11.4 Å². The number of carbonyl (C=O) groups excluding carboxylic acids is 1. The van der Waals surface area contributed by atoms with Gasteiger partial charge in [-0.2, -0.15) is 0 Å². The number of hydrogen-bond donors (Lipinski definition) is 1. The minimum Gasteiger partial charge on any atom is -0.324 e. The minimum atomic E-state index is -0.552. The summed E-state index contributed by atoms with van der Waals surface area (Å²) >= 11 is 0. The number of anilines is 1. The third-order valence-electron chi connectivity index (χ3n) is 2.93. The smallest absolute Gasteiger partial charge is 0.251 e. The van der Waals surface area contributed by atoms with E-state index in [-0.39, 0.29) is 12.5 Å². The molecule has 0 saturated heterocycles. The van der Waals surface area contributed by atoms with Crippen molar-refractivity contribution in [3.8, 4) is 0 Å². The average molecular weight is 274 g/mol. The van der Waals surface area contributed by atoms with Crippen LogP contribution in [0.15, 0.2) is 41.3 Å². The maximum absolute atomic E-state index is 13.1. The maximum atomic E-state index is 13.1. The molecule has 1 heterocycles. The van der Waals surface area contributed by atoms with E-state index in [1.54, 1.807) is 0 Å². The van der Waals surface area contributed by atoms with E-state index in [0.29, 0.717) is 5.69 Å². The Morgan fingerprint density at radius 3 is 2.75 bits per heavy atom. The Morgan fingerprint density at radius 2 is 2.00 bits per heavy atom. The topological polar surface area (TPSA) is 51.1 Å². The highest BCUT2D eigenvalue weighted by Gasteiger charge is 2.07. The van der Waals surface area contributed by atoms with E-state index in [4.69, 9.17) is 0 Å². The zero-order valence-electron chi connectivity index (χ0n) is 11.3. The van der Waals surface area contributed by atoms with E-state index in [0.717, 1.165) is 34.0 Å². The molecular formula is C15H15FN2O2. The lowest BCUT2D eigenvalue weighted by atomic mass is 10.1. The number of amides is 1. The first-order chi connectivity index (χ1) is 9.45. The van der Waals surface area contributed by atoms with Crippen molar-refractivity contribution in [3.05, 3.63) is 63.8 Å². The van der Waals surface area contributed by atoms with Crippen LogP contribution in [0.2, 0.25) is 0 Å². The van der Waals surface area contributed by atoms with Crippen molar-refractivity contribution in [2.75, 3.05) is 5.32 Å². The fourth-order valence-electron chi connectivity index (χ4n) is 1.84. The van der Waals surface area contributed by atoms with E-state index >= 15 is 0 Å². The molecule has 0 fully saturated rings. The molecule has 0 bridgehead atoms. The van der Waals surface area contributed by atoms with Crippen LogP contribution in [0.5, 0.6) is 0 Å². The summed E-state index contributed by atoms with van der Waals surface area (Å²) in [7, 11) is 0. The van der Waals surface area contributed by atoms with Crippen LogP contribution in [-0.2, 0) is 11.3 Å². The molecule has 0 radical (unpaired) electrons. The lowest BCUT2D eigenvalue weighted by Crippen LogP contribution is -2.27. The van der Waals surface area contributed by atoms with Gasteiger partial charge in [-0.1, -0.05) is 12.1 Å². The number of hydrogen-bond acceptors (Lipinski definition) is 2. The molecule has 0 saturated carbocycles. The lowest BCUT2D eigenvalue weighted by Gasteiger charge is -2.10. The zero-order valence-corrected chi connectivity index (χ0v) is 11.3. The summed E-state index contributed by atoms with van der Waals surface area (Å²) in [6.45, 7) is 3.58. The SMILES string of the molecule is Cc1ccc(C)c(NC(=O)Cn2cc(F)ccc2=O)c1. The first-order valence-electron chi connectivity index (χ1n) is 6.19. The number of rotatable bonds is 3. The van der Waals surface area contributed by atoms with Crippen molar-refractivity contribution < 1.29 is 9.18 Å². The molecule has 2 rings (SSSR count). The fraction of sp³-hybridized carbons (Fsp3) is 0.200. The van der Waals surface area contributed by atoms with E-state index in [2.05, 4.69) is 5.32 Å². The van der Waals surface area contributed by atoms with Crippen LogP contribution >= 0.6 is 0 Å². The van der Waals surface area contributed by atoms with Gasteiger partial charge in [0.05, 0.1) is 0 Å². The van der Waals surface area contributed by atoms with Crippen LogP contribution in [0.1, 0.15) is 11.1 Å². The van der Waals surface area contributed by atoms with Crippen LogP contribution in [0, 0.1) is 19.7 Å². The second-order valence-electron chi connectivity index (χ2n) is 4.68. The van der Waals surface area contributed by atoms with Crippen LogP contribution in [0.4, 0.5) is 10.1 Å². The lowest BCUT2D eigenvalue weighted by molar-refractivity contribution is -0.116. The molecule has 2 aromatic rings. The summed E-state index contributed by atoms with van der Waals surface area (Å²) < 4.78 is 14.1. The second kappa shape index (κ2) is 5.69. The summed E-state index contributed by atoms with van der Waals surface area (Å²) in [5, 5.41) is 2.73. The summed E-state index contributed by atoms with van der Waals surface area (Å²) in [5.74, 6) is -0.921. The Balaban J connectivity index is 2.15. The Labute approximate surface area is 115 Å². The van der Waals surface area contributed by atoms with Crippen molar-refractivity contribution in [1.82, 2.24) is 4.57 Å². The van der Waals surface area contributed by atoms with Gasteiger partial charge in [0.1, 0.15) is 12.4 Å². The van der Waals surface area contributed by atoms with Crippen molar-refractivity contribution in [2.45, 2.75) is 20.4 Å². The van der Waals surface area contributed by atoms with Gasteiger partial charge in [-0.25, -0.2) is 4.39 Å². The Hall–Kier alpha value is -2.43. The normalized spacial score (nSPS) is 10.3. The summed E-state index contributed by atoms with van der Waals surface area (Å²) in [6, 6.07) is 7.87. The molecule has 0 aliphatic heterocycles. The van der Waals surface area contributed by atoms with Crippen molar-refractivity contribution in [1.29, 1.82) is 0 Å². The van der Waals surface area contributed by atoms with Gasteiger partial charge in [-0.05, 0) is 37.1 Å². The number of aryl methyl sites for hydroxylation is 2.